The first-order valence-electron chi connectivity index (χ1n) is 4.09. The summed E-state index contributed by atoms with van der Waals surface area (Å²) in [7, 11) is 0. The van der Waals surface area contributed by atoms with Crippen LogP contribution in [0.3, 0.4) is 0 Å². The summed E-state index contributed by atoms with van der Waals surface area (Å²) in [6, 6.07) is 0. The van der Waals surface area contributed by atoms with E-state index in [1.807, 2.05) is 0 Å². The standard InChI is InChI=1S/C8H12N2O/c9-8-6-1-2-7(8)4-10(3-6)5-11/h5-7,9H,1-4H2/t6-,7+. The van der Waals surface area contributed by atoms with Gasteiger partial charge >= 0.3 is 0 Å². The molecule has 2 aliphatic rings. The summed E-state index contributed by atoms with van der Waals surface area (Å²) in [6.45, 7) is 1.58. The Kier molecular flexibility index (Phi) is 1.44. The number of carbonyl (C=O) groups excluding carboxylic acids is 1. The number of carbonyl (C=O) groups is 1. The molecule has 0 unspecified atom stereocenters. The Morgan fingerprint density at radius 3 is 2.36 bits per heavy atom. The van der Waals surface area contributed by atoms with Gasteiger partial charge < -0.3 is 10.3 Å². The van der Waals surface area contributed by atoms with Crippen molar-refractivity contribution in [3.63, 3.8) is 0 Å². The minimum atomic E-state index is 0.388. The fourth-order valence-corrected chi connectivity index (χ4v) is 2.15. The Hall–Kier alpha value is -0.860. The minimum absolute atomic E-state index is 0.388. The van der Waals surface area contributed by atoms with Gasteiger partial charge in [0, 0.05) is 30.6 Å². The van der Waals surface area contributed by atoms with Gasteiger partial charge in [-0.25, -0.2) is 0 Å². The van der Waals surface area contributed by atoms with Gasteiger partial charge in [-0.2, -0.15) is 0 Å². The van der Waals surface area contributed by atoms with Gasteiger partial charge in [0.25, 0.3) is 0 Å². The highest BCUT2D eigenvalue weighted by Crippen LogP contribution is 2.32. The molecule has 0 spiro atoms. The molecule has 1 heterocycles. The van der Waals surface area contributed by atoms with E-state index in [-0.39, 0.29) is 0 Å². The highest BCUT2D eigenvalue weighted by Gasteiger charge is 2.37. The van der Waals surface area contributed by atoms with Crippen molar-refractivity contribution in [2.45, 2.75) is 12.8 Å². The number of rotatable bonds is 1. The monoisotopic (exact) mass is 152 g/mol. The lowest BCUT2D eigenvalue weighted by molar-refractivity contribution is -0.118. The first-order valence-corrected chi connectivity index (χ1v) is 4.09. The van der Waals surface area contributed by atoms with Crippen molar-refractivity contribution >= 4 is 12.1 Å². The van der Waals surface area contributed by atoms with Crippen LogP contribution in [0.15, 0.2) is 0 Å². The summed E-state index contributed by atoms with van der Waals surface area (Å²) in [5, 5.41) is 7.69. The van der Waals surface area contributed by atoms with Crippen LogP contribution >= 0.6 is 0 Å². The highest BCUT2D eigenvalue weighted by molar-refractivity contribution is 5.89. The third kappa shape index (κ3) is 0.951. The van der Waals surface area contributed by atoms with Crippen molar-refractivity contribution in [1.29, 1.82) is 5.41 Å². The fraction of sp³-hybridized carbons (Fsp3) is 0.750. The summed E-state index contributed by atoms with van der Waals surface area (Å²) in [4.78, 5) is 12.2. The second-order valence-electron chi connectivity index (χ2n) is 3.49. The molecule has 1 saturated heterocycles. The average molecular weight is 152 g/mol. The molecule has 60 valence electrons. The maximum atomic E-state index is 10.4. The van der Waals surface area contributed by atoms with E-state index in [2.05, 4.69) is 0 Å². The van der Waals surface area contributed by atoms with Crippen LogP contribution in [0.25, 0.3) is 0 Å². The molecule has 1 N–H and O–H groups in total. The molecule has 2 fully saturated rings. The first kappa shape index (κ1) is 6.83. The molecule has 1 amide bonds. The van der Waals surface area contributed by atoms with Gasteiger partial charge in [-0.05, 0) is 12.8 Å². The number of hydrogen-bond donors (Lipinski definition) is 1. The number of likely N-dealkylation sites (tertiary alicyclic amines) is 1. The summed E-state index contributed by atoms with van der Waals surface area (Å²) in [6.07, 6.45) is 3.15. The molecule has 1 aliphatic carbocycles. The van der Waals surface area contributed by atoms with Gasteiger partial charge in [-0.1, -0.05) is 0 Å². The summed E-state index contributed by atoms with van der Waals surface area (Å²) < 4.78 is 0. The van der Waals surface area contributed by atoms with Crippen molar-refractivity contribution in [1.82, 2.24) is 4.90 Å². The second kappa shape index (κ2) is 2.32. The fourth-order valence-electron chi connectivity index (χ4n) is 2.15. The Labute approximate surface area is 65.9 Å². The van der Waals surface area contributed by atoms with Crippen molar-refractivity contribution in [3.8, 4) is 0 Å². The lowest BCUT2D eigenvalue weighted by atomic mass is 9.97. The van der Waals surface area contributed by atoms with Crippen LogP contribution in [-0.4, -0.2) is 30.1 Å². The van der Waals surface area contributed by atoms with Crippen molar-refractivity contribution in [2.24, 2.45) is 11.8 Å². The minimum Gasteiger partial charge on any atom is -0.344 e. The molecule has 11 heavy (non-hydrogen) atoms. The zero-order valence-corrected chi connectivity index (χ0v) is 6.42. The number of amides is 1. The SMILES string of the molecule is N=C1[C@@H]2CC[C@H]1CN(C=O)C2. The highest BCUT2D eigenvalue weighted by atomic mass is 16.1. The predicted octanol–water partition coefficient (Wildman–Crippen LogP) is 0.504. The van der Waals surface area contributed by atoms with Crippen LogP contribution in [0.4, 0.5) is 0 Å². The number of nitrogens with one attached hydrogen (secondary N) is 1. The van der Waals surface area contributed by atoms with E-state index in [4.69, 9.17) is 5.41 Å². The van der Waals surface area contributed by atoms with E-state index in [0.29, 0.717) is 11.8 Å². The number of hydrogen-bond acceptors (Lipinski definition) is 2. The molecule has 2 bridgehead atoms. The molecular weight excluding hydrogens is 140 g/mol. The molecule has 2 atom stereocenters. The zero-order chi connectivity index (χ0) is 7.84. The maximum absolute atomic E-state index is 10.4. The smallest absolute Gasteiger partial charge is 0.209 e. The molecular formula is C8H12N2O. The first-order chi connectivity index (χ1) is 5.31. The summed E-state index contributed by atoms with van der Waals surface area (Å²) in [5.74, 6) is 0.776. The molecule has 0 aromatic heterocycles. The molecule has 0 aromatic carbocycles. The predicted molar refractivity (Wildman–Crippen MR) is 41.6 cm³/mol. The summed E-state index contributed by atoms with van der Waals surface area (Å²) in [5.41, 5.74) is 0.892. The van der Waals surface area contributed by atoms with Gasteiger partial charge in [0.2, 0.25) is 6.41 Å². The molecule has 2 rings (SSSR count). The molecule has 3 nitrogen and oxygen atoms in total. The van der Waals surface area contributed by atoms with Gasteiger partial charge in [0.1, 0.15) is 0 Å². The van der Waals surface area contributed by atoms with Crippen LogP contribution in [-0.2, 0) is 4.79 Å². The quantitative estimate of drug-likeness (QED) is 0.546. The normalized spacial score (nSPS) is 36.0. The van der Waals surface area contributed by atoms with E-state index in [9.17, 15) is 4.79 Å². The number of fused-ring (bicyclic) bond motifs is 2. The van der Waals surface area contributed by atoms with E-state index in [0.717, 1.165) is 38.1 Å². The molecule has 3 heteroatoms. The van der Waals surface area contributed by atoms with Crippen molar-refractivity contribution < 1.29 is 4.79 Å². The lowest BCUT2D eigenvalue weighted by Gasteiger charge is -2.29. The lowest BCUT2D eigenvalue weighted by Crippen LogP contribution is -2.40. The second-order valence-corrected chi connectivity index (χ2v) is 3.49. The zero-order valence-electron chi connectivity index (χ0n) is 6.42. The van der Waals surface area contributed by atoms with Gasteiger partial charge in [-0.15, -0.1) is 0 Å². The van der Waals surface area contributed by atoms with Gasteiger partial charge in [0.15, 0.2) is 0 Å². The maximum Gasteiger partial charge on any atom is 0.209 e. The third-order valence-electron chi connectivity index (χ3n) is 2.80. The Bertz CT molecular complexity index is 186. The van der Waals surface area contributed by atoms with E-state index in [1.165, 1.54) is 0 Å². The van der Waals surface area contributed by atoms with Gasteiger partial charge in [0.05, 0.1) is 0 Å². The number of nitrogens with zero attached hydrogens (tertiary/aromatic N) is 1. The average Bonchev–Trinajstić information content (AvgIpc) is 2.26. The van der Waals surface area contributed by atoms with E-state index in [1.54, 1.807) is 4.90 Å². The third-order valence-corrected chi connectivity index (χ3v) is 2.80. The molecule has 1 saturated carbocycles. The van der Waals surface area contributed by atoms with Crippen LogP contribution in [0.2, 0.25) is 0 Å². The molecule has 0 aromatic rings. The van der Waals surface area contributed by atoms with Crippen LogP contribution in [0.1, 0.15) is 12.8 Å². The largest absolute Gasteiger partial charge is 0.344 e. The van der Waals surface area contributed by atoms with Crippen molar-refractivity contribution in [3.05, 3.63) is 0 Å². The molecule has 0 radical (unpaired) electrons. The number of piperidine rings is 1. The Morgan fingerprint density at radius 2 is 1.91 bits per heavy atom. The van der Waals surface area contributed by atoms with Crippen LogP contribution in [0.5, 0.6) is 0 Å². The topological polar surface area (TPSA) is 44.2 Å². The molecule has 1 aliphatic heterocycles. The summed E-state index contributed by atoms with van der Waals surface area (Å²) >= 11 is 0. The Morgan fingerprint density at radius 1 is 1.36 bits per heavy atom. The van der Waals surface area contributed by atoms with Gasteiger partial charge in [-0.3, -0.25) is 4.79 Å². The van der Waals surface area contributed by atoms with Crippen LogP contribution < -0.4 is 0 Å². The Balaban J connectivity index is 2.13. The van der Waals surface area contributed by atoms with E-state index >= 15 is 0 Å². The van der Waals surface area contributed by atoms with Crippen LogP contribution in [0, 0.1) is 17.2 Å². The van der Waals surface area contributed by atoms with Crippen molar-refractivity contribution in [2.75, 3.05) is 13.1 Å². The van der Waals surface area contributed by atoms with E-state index < -0.39 is 0 Å².